The lowest BCUT2D eigenvalue weighted by Crippen LogP contribution is -2.30. The number of fused-ring (bicyclic) bond motifs is 1. The van der Waals surface area contributed by atoms with Crippen LogP contribution in [-0.4, -0.2) is 22.8 Å². The second kappa shape index (κ2) is 5.58. The van der Waals surface area contributed by atoms with E-state index >= 15 is 0 Å². The first-order valence-corrected chi connectivity index (χ1v) is 8.02. The molecule has 1 aliphatic rings. The lowest BCUT2D eigenvalue weighted by Gasteiger charge is -2.24. The van der Waals surface area contributed by atoms with Crippen LogP contribution in [-0.2, 0) is 6.42 Å². The highest BCUT2D eigenvalue weighted by Gasteiger charge is 2.29. The van der Waals surface area contributed by atoms with Crippen molar-refractivity contribution in [2.24, 2.45) is 5.73 Å². The van der Waals surface area contributed by atoms with Crippen molar-refractivity contribution in [1.82, 2.24) is 9.88 Å². The monoisotopic (exact) mass is 301 g/mol. The lowest BCUT2D eigenvalue weighted by atomic mass is 10.1. The summed E-state index contributed by atoms with van der Waals surface area (Å²) in [4.78, 5) is 18.8. The Morgan fingerprint density at radius 2 is 2.24 bits per heavy atom. The molecule has 5 heteroatoms. The summed E-state index contributed by atoms with van der Waals surface area (Å²) in [6, 6.07) is 8.36. The molecule has 1 aromatic heterocycles. The molecule has 2 N–H and O–H groups in total. The molecule has 4 nitrogen and oxygen atoms in total. The normalized spacial score (nSPS) is 18.3. The van der Waals surface area contributed by atoms with Crippen molar-refractivity contribution in [3.8, 4) is 0 Å². The maximum atomic E-state index is 12.6. The minimum atomic E-state index is -0.130. The van der Waals surface area contributed by atoms with Gasteiger partial charge < -0.3 is 10.6 Å². The highest BCUT2D eigenvalue weighted by molar-refractivity contribution is 7.09. The predicted molar refractivity (Wildman–Crippen MR) is 84.3 cm³/mol. The summed E-state index contributed by atoms with van der Waals surface area (Å²) in [5, 5.41) is 2.61. The van der Waals surface area contributed by atoms with E-state index in [2.05, 4.69) is 23.2 Å². The second-order valence-corrected chi connectivity index (χ2v) is 6.42. The van der Waals surface area contributed by atoms with Gasteiger partial charge in [0.25, 0.3) is 5.91 Å². The smallest absolute Gasteiger partial charge is 0.273 e. The topological polar surface area (TPSA) is 59.2 Å². The average molecular weight is 301 g/mol. The van der Waals surface area contributed by atoms with E-state index < -0.39 is 0 Å². The number of hydrogen-bond acceptors (Lipinski definition) is 4. The lowest BCUT2D eigenvalue weighted by molar-refractivity contribution is 0.0725. The molecule has 2 aromatic rings. The number of benzene rings is 1. The van der Waals surface area contributed by atoms with E-state index in [1.807, 2.05) is 24.9 Å². The Balaban J connectivity index is 1.82. The van der Waals surface area contributed by atoms with Gasteiger partial charge in [0.1, 0.15) is 10.7 Å². The predicted octanol–water partition coefficient (Wildman–Crippen LogP) is 2.92. The average Bonchev–Trinajstić information content (AvgIpc) is 3.12. The zero-order valence-corrected chi connectivity index (χ0v) is 13.1. The van der Waals surface area contributed by atoms with Gasteiger partial charge in [-0.15, -0.1) is 11.3 Å². The maximum absolute atomic E-state index is 12.6. The van der Waals surface area contributed by atoms with Crippen molar-refractivity contribution in [3.05, 3.63) is 51.5 Å². The minimum Gasteiger partial charge on any atom is -0.333 e. The van der Waals surface area contributed by atoms with Crippen LogP contribution in [0.25, 0.3) is 0 Å². The summed E-state index contributed by atoms with van der Waals surface area (Å²) in [5.41, 5.74) is 8.92. The molecule has 0 radical (unpaired) electrons. The Bertz CT molecular complexity index is 665. The molecule has 0 saturated heterocycles. The van der Waals surface area contributed by atoms with Crippen LogP contribution in [0, 0.1) is 0 Å². The van der Waals surface area contributed by atoms with Gasteiger partial charge in [0.15, 0.2) is 0 Å². The van der Waals surface area contributed by atoms with Crippen LogP contribution in [0.1, 0.15) is 52.1 Å². The molecule has 3 rings (SSSR count). The van der Waals surface area contributed by atoms with Crippen LogP contribution in [0.5, 0.6) is 0 Å². The first-order valence-electron chi connectivity index (χ1n) is 7.14. The number of hydrogen-bond donors (Lipinski definition) is 1. The molecule has 21 heavy (non-hydrogen) atoms. The van der Waals surface area contributed by atoms with E-state index in [0.717, 1.165) is 17.8 Å². The number of amides is 1. The first-order chi connectivity index (χ1) is 10.1. The number of aryl methyl sites for hydroxylation is 1. The van der Waals surface area contributed by atoms with E-state index in [9.17, 15) is 4.79 Å². The van der Waals surface area contributed by atoms with Crippen molar-refractivity contribution in [2.45, 2.75) is 31.8 Å². The number of thiazole rings is 1. The van der Waals surface area contributed by atoms with Gasteiger partial charge in [-0.05, 0) is 30.9 Å². The molecule has 2 unspecified atom stereocenters. The van der Waals surface area contributed by atoms with Gasteiger partial charge in [0.05, 0.1) is 12.1 Å². The molecule has 0 bridgehead atoms. The molecule has 1 heterocycles. The summed E-state index contributed by atoms with van der Waals surface area (Å²) in [7, 11) is 1.86. The second-order valence-electron chi connectivity index (χ2n) is 5.53. The number of nitrogens with zero attached hydrogens (tertiary/aromatic N) is 2. The number of carbonyl (C=O) groups is 1. The van der Waals surface area contributed by atoms with E-state index in [4.69, 9.17) is 5.73 Å². The molecule has 2 atom stereocenters. The molecule has 0 fully saturated rings. The molecule has 0 spiro atoms. The number of rotatable bonds is 3. The van der Waals surface area contributed by atoms with E-state index in [-0.39, 0.29) is 18.0 Å². The molecule has 0 aliphatic heterocycles. The fourth-order valence-corrected chi connectivity index (χ4v) is 3.61. The van der Waals surface area contributed by atoms with Crippen molar-refractivity contribution >= 4 is 17.2 Å². The molecule has 1 aliphatic carbocycles. The van der Waals surface area contributed by atoms with Gasteiger partial charge in [-0.25, -0.2) is 4.98 Å². The summed E-state index contributed by atoms with van der Waals surface area (Å²) >= 11 is 1.45. The number of carbonyl (C=O) groups excluding carboxylic acids is 1. The third-order valence-corrected chi connectivity index (χ3v) is 5.07. The van der Waals surface area contributed by atoms with Crippen LogP contribution in [0.2, 0.25) is 0 Å². The fourth-order valence-electron chi connectivity index (χ4n) is 2.85. The van der Waals surface area contributed by atoms with Crippen molar-refractivity contribution < 1.29 is 4.79 Å². The zero-order chi connectivity index (χ0) is 15.0. The highest BCUT2D eigenvalue weighted by Crippen LogP contribution is 2.35. The Kier molecular flexibility index (Phi) is 3.78. The fraction of sp³-hybridized carbons (Fsp3) is 0.375. The maximum Gasteiger partial charge on any atom is 0.273 e. The van der Waals surface area contributed by atoms with Crippen LogP contribution in [0.4, 0.5) is 0 Å². The van der Waals surface area contributed by atoms with Crippen molar-refractivity contribution in [1.29, 1.82) is 0 Å². The summed E-state index contributed by atoms with van der Waals surface area (Å²) < 4.78 is 0. The summed E-state index contributed by atoms with van der Waals surface area (Å²) in [6.45, 7) is 1.88. The largest absolute Gasteiger partial charge is 0.333 e. The quantitative estimate of drug-likeness (QED) is 0.948. The van der Waals surface area contributed by atoms with E-state index in [1.54, 1.807) is 5.38 Å². The first kappa shape index (κ1) is 14.2. The standard InChI is InChI=1S/C16H19N3OS/c1-10(17)15-18-13(9-21-15)16(20)19(2)14-8-7-11-5-3-4-6-12(11)14/h3-6,9-10,14H,7-8,17H2,1-2H3. The van der Waals surface area contributed by atoms with Gasteiger partial charge in [-0.1, -0.05) is 24.3 Å². The van der Waals surface area contributed by atoms with Crippen LogP contribution >= 0.6 is 11.3 Å². The van der Waals surface area contributed by atoms with Crippen LogP contribution in [0.3, 0.4) is 0 Å². The van der Waals surface area contributed by atoms with E-state index in [0.29, 0.717) is 5.69 Å². The van der Waals surface area contributed by atoms with Crippen molar-refractivity contribution in [2.75, 3.05) is 7.05 Å². The van der Waals surface area contributed by atoms with Crippen LogP contribution < -0.4 is 5.73 Å². The number of aromatic nitrogens is 1. The third kappa shape index (κ3) is 2.59. The number of nitrogens with two attached hydrogens (primary N) is 1. The Hall–Kier alpha value is -1.72. The Morgan fingerprint density at radius 1 is 1.48 bits per heavy atom. The Labute approximate surface area is 128 Å². The molecule has 1 amide bonds. The third-order valence-electron chi connectivity index (χ3n) is 4.02. The summed E-state index contributed by atoms with van der Waals surface area (Å²) in [6.07, 6.45) is 2.01. The minimum absolute atomic E-state index is 0.0279. The molecule has 1 aromatic carbocycles. The molecular weight excluding hydrogens is 282 g/mol. The SMILES string of the molecule is CC(N)c1nc(C(=O)N(C)C2CCc3ccccc32)cs1. The zero-order valence-electron chi connectivity index (χ0n) is 12.2. The van der Waals surface area contributed by atoms with E-state index in [1.165, 1.54) is 22.5 Å². The van der Waals surface area contributed by atoms with Crippen molar-refractivity contribution in [3.63, 3.8) is 0 Å². The van der Waals surface area contributed by atoms with Gasteiger partial charge in [0, 0.05) is 12.4 Å². The molecule has 0 saturated carbocycles. The van der Waals surface area contributed by atoms with Gasteiger partial charge in [0.2, 0.25) is 0 Å². The van der Waals surface area contributed by atoms with Gasteiger partial charge >= 0.3 is 0 Å². The van der Waals surface area contributed by atoms with Gasteiger partial charge in [-0.3, -0.25) is 4.79 Å². The molecular formula is C16H19N3OS. The molecule has 110 valence electrons. The van der Waals surface area contributed by atoms with Gasteiger partial charge in [-0.2, -0.15) is 0 Å². The van der Waals surface area contributed by atoms with Crippen LogP contribution in [0.15, 0.2) is 29.6 Å². The highest BCUT2D eigenvalue weighted by atomic mass is 32.1. The Morgan fingerprint density at radius 3 is 2.95 bits per heavy atom. The summed E-state index contributed by atoms with van der Waals surface area (Å²) in [5.74, 6) is -0.0279.